The molecule has 4 amide bonds. The Morgan fingerprint density at radius 1 is 1.12 bits per heavy atom. The number of carbonyl (C=O) groups excluding carboxylic acids is 3. The quantitative estimate of drug-likeness (QED) is 0.402. The van der Waals surface area contributed by atoms with E-state index in [9.17, 15) is 23.9 Å². The molecule has 0 fully saturated rings. The highest BCUT2D eigenvalue weighted by atomic mass is 19.1. The maximum absolute atomic E-state index is 13.4. The van der Waals surface area contributed by atoms with Crippen LogP contribution in [0.25, 0.3) is 0 Å². The number of likely N-dealkylation sites (N-methyl/N-ethyl adjacent to an activating group) is 1. The summed E-state index contributed by atoms with van der Waals surface area (Å²) in [5.41, 5.74) is 1.94. The molecule has 0 spiro atoms. The van der Waals surface area contributed by atoms with Crippen LogP contribution in [0.3, 0.4) is 0 Å². The molecule has 4 rings (SSSR count). The van der Waals surface area contributed by atoms with E-state index in [0.717, 1.165) is 0 Å². The Labute approximate surface area is 238 Å². The van der Waals surface area contributed by atoms with Gasteiger partial charge < -0.3 is 30.3 Å². The Morgan fingerprint density at radius 3 is 2.49 bits per heavy atom. The monoisotopic (exact) mass is 563 g/mol. The molecule has 0 aliphatic carbocycles. The van der Waals surface area contributed by atoms with Gasteiger partial charge in [0, 0.05) is 54.4 Å². The Kier molecular flexibility index (Phi) is 9.51. The van der Waals surface area contributed by atoms with Gasteiger partial charge in [0.1, 0.15) is 17.7 Å². The van der Waals surface area contributed by atoms with Crippen LogP contribution in [0.15, 0.2) is 67.0 Å². The summed E-state index contributed by atoms with van der Waals surface area (Å²) in [7, 11) is 1.62. The zero-order valence-corrected chi connectivity index (χ0v) is 23.2. The predicted octanol–water partition coefficient (Wildman–Crippen LogP) is 3.79. The average Bonchev–Trinajstić information content (AvgIpc) is 3.01. The number of ether oxygens (including phenoxy) is 1. The number of fused-ring (bicyclic) bond motifs is 1. The van der Waals surface area contributed by atoms with Gasteiger partial charge in [0.05, 0.1) is 25.6 Å². The fourth-order valence-corrected chi connectivity index (χ4v) is 4.54. The van der Waals surface area contributed by atoms with Crippen molar-refractivity contribution >= 4 is 29.2 Å². The van der Waals surface area contributed by atoms with Crippen molar-refractivity contribution in [2.45, 2.75) is 32.4 Å². The number of nitrogens with zero attached hydrogens (tertiary/aromatic N) is 3. The number of aromatic nitrogens is 1. The third-order valence-electron chi connectivity index (χ3n) is 7.01. The molecule has 10 nitrogen and oxygen atoms in total. The van der Waals surface area contributed by atoms with Gasteiger partial charge in [-0.15, -0.1) is 0 Å². The van der Waals surface area contributed by atoms with Gasteiger partial charge in [-0.2, -0.15) is 0 Å². The number of hydrogen-bond donors (Lipinski definition) is 3. The van der Waals surface area contributed by atoms with Crippen LogP contribution in [-0.2, 0) is 11.2 Å². The van der Waals surface area contributed by atoms with Crippen molar-refractivity contribution in [3.63, 3.8) is 0 Å². The summed E-state index contributed by atoms with van der Waals surface area (Å²) >= 11 is 0. The smallest absolute Gasteiger partial charge is 0.321 e. The third-order valence-corrected chi connectivity index (χ3v) is 7.01. The van der Waals surface area contributed by atoms with Gasteiger partial charge in [0.15, 0.2) is 0 Å². The van der Waals surface area contributed by atoms with E-state index in [2.05, 4.69) is 15.6 Å². The highest BCUT2D eigenvalue weighted by molar-refractivity contribution is 6.04. The number of amides is 4. The number of pyridine rings is 1. The molecule has 2 heterocycles. The Morgan fingerprint density at radius 2 is 1.80 bits per heavy atom. The Hall–Kier alpha value is -4.51. The van der Waals surface area contributed by atoms with Crippen molar-refractivity contribution in [1.29, 1.82) is 0 Å². The maximum Gasteiger partial charge on any atom is 0.321 e. The van der Waals surface area contributed by atoms with Gasteiger partial charge in [-0.25, -0.2) is 9.18 Å². The fourth-order valence-electron chi connectivity index (χ4n) is 4.54. The van der Waals surface area contributed by atoms with Gasteiger partial charge >= 0.3 is 6.03 Å². The lowest BCUT2D eigenvalue weighted by Crippen LogP contribution is -2.48. The normalized spacial score (nSPS) is 17.7. The second-order valence-corrected chi connectivity index (χ2v) is 10.2. The number of nitrogens with one attached hydrogen (secondary N) is 2. The number of anilines is 2. The minimum atomic E-state index is -0.519. The summed E-state index contributed by atoms with van der Waals surface area (Å²) in [5, 5.41) is 15.4. The molecular weight excluding hydrogens is 529 g/mol. The molecule has 11 heteroatoms. The molecule has 3 atom stereocenters. The second-order valence-electron chi connectivity index (χ2n) is 10.2. The molecule has 216 valence electrons. The number of hydrogen-bond acceptors (Lipinski definition) is 6. The largest absolute Gasteiger partial charge is 0.488 e. The van der Waals surface area contributed by atoms with Crippen LogP contribution in [0.2, 0.25) is 0 Å². The van der Waals surface area contributed by atoms with Crippen molar-refractivity contribution in [1.82, 2.24) is 14.8 Å². The van der Waals surface area contributed by atoms with E-state index in [0.29, 0.717) is 34.8 Å². The summed E-state index contributed by atoms with van der Waals surface area (Å²) in [4.78, 5) is 46.0. The molecule has 3 aromatic rings. The first-order chi connectivity index (χ1) is 19.6. The van der Waals surface area contributed by atoms with Crippen LogP contribution >= 0.6 is 0 Å². The van der Waals surface area contributed by atoms with Crippen molar-refractivity contribution < 1.29 is 28.6 Å². The molecule has 1 aliphatic heterocycles. The van der Waals surface area contributed by atoms with Gasteiger partial charge in [-0.1, -0.05) is 6.92 Å². The first-order valence-corrected chi connectivity index (χ1v) is 13.3. The molecule has 41 heavy (non-hydrogen) atoms. The zero-order valence-electron chi connectivity index (χ0n) is 23.2. The minimum absolute atomic E-state index is 0.00102. The van der Waals surface area contributed by atoms with Crippen LogP contribution < -0.4 is 15.4 Å². The minimum Gasteiger partial charge on any atom is -0.488 e. The van der Waals surface area contributed by atoms with E-state index in [4.69, 9.17) is 4.74 Å². The van der Waals surface area contributed by atoms with Crippen molar-refractivity contribution in [3.8, 4) is 5.75 Å². The van der Waals surface area contributed by atoms with E-state index in [1.165, 1.54) is 41.6 Å². The maximum atomic E-state index is 13.4. The number of aliphatic hydroxyl groups is 1. The topological polar surface area (TPSA) is 124 Å². The van der Waals surface area contributed by atoms with Crippen LogP contribution in [0, 0.1) is 11.7 Å². The van der Waals surface area contributed by atoms with E-state index in [1.54, 1.807) is 49.2 Å². The Balaban J connectivity index is 1.58. The van der Waals surface area contributed by atoms with Crippen LogP contribution in [0.1, 0.15) is 29.8 Å². The number of halogens is 1. The second kappa shape index (κ2) is 13.2. The number of rotatable bonds is 7. The number of benzene rings is 2. The standard InChI is InChI=1S/C30H34FN5O5/c1-19-16-36(20(2)18-37)28(38)15-22-14-25(33-29(39)21-10-12-32-13-11-21)8-9-26(22)41-27(19)17-35(3)30(40)34-24-6-4-23(31)5-7-24/h4-14,19-20,27,37H,15-18H2,1-3H3,(H,33,39)(H,34,40)/t19-,20+,27+/m0/s1. The molecule has 0 unspecified atom stereocenters. The van der Waals surface area contributed by atoms with Gasteiger partial charge in [0.25, 0.3) is 5.91 Å². The summed E-state index contributed by atoms with van der Waals surface area (Å²) in [6.07, 6.45) is 2.54. The number of aliphatic hydroxyl groups excluding tert-OH is 1. The third kappa shape index (κ3) is 7.57. The molecule has 2 aromatic carbocycles. The molecule has 0 saturated carbocycles. The average molecular weight is 564 g/mol. The van der Waals surface area contributed by atoms with Crippen molar-refractivity contribution in [3.05, 3.63) is 83.9 Å². The SMILES string of the molecule is C[C@H](CO)N1C[C@H](C)[C@@H](CN(C)C(=O)Nc2ccc(F)cc2)Oc2ccc(NC(=O)c3ccncc3)cc2CC1=O. The molecule has 3 N–H and O–H groups in total. The molecule has 0 radical (unpaired) electrons. The Bertz CT molecular complexity index is 1370. The lowest BCUT2D eigenvalue weighted by molar-refractivity contribution is -0.134. The molecule has 1 aromatic heterocycles. The first kappa shape index (κ1) is 29.5. The van der Waals surface area contributed by atoms with E-state index in [1.807, 2.05) is 6.92 Å². The van der Waals surface area contributed by atoms with Gasteiger partial charge in [-0.05, 0) is 61.5 Å². The first-order valence-electron chi connectivity index (χ1n) is 13.3. The van der Waals surface area contributed by atoms with Crippen LogP contribution in [0.4, 0.5) is 20.6 Å². The van der Waals surface area contributed by atoms with E-state index < -0.39 is 24.0 Å². The number of carbonyl (C=O) groups is 3. The molecule has 0 bridgehead atoms. The van der Waals surface area contributed by atoms with Crippen LogP contribution in [0.5, 0.6) is 5.75 Å². The number of urea groups is 1. The summed E-state index contributed by atoms with van der Waals surface area (Å²) in [6, 6.07) is 12.9. The summed E-state index contributed by atoms with van der Waals surface area (Å²) in [5.74, 6) is -0.671. The van der Waals surface area contributed by atoms with Gasteiger partial charge in [0.2, 0.25) is 5.91 Å². The van der Waals surface area contributed by atoms with E-state index >= 15 is 0 Å². The van der Waals surface area contributed by atoms with Crippen molar-refractivity contribution in [2.24, 2.45) is 5.92 Å². The molecular formula is C30H34FN5O5. The van der Waals surface area contributed by atoms with Crippen molar-refractivity contribution in [2.75, 3.05) is 37.4 Å². The highest BCUT2D eigenvalue weighted by Gasteiger charge is 2.32. The predicted molar refractivity (Wildman–Crippen MR) is 152 cm³/mol. The van der Waals surface area contributed by atoms with E-state index in [-0.39, 0.29) is 37.3 Å². The summed E-state index contributed by atoms with van der Waals surface area (Å²) < 4.78 is 19.7. The fraction of sp³-hybridized carbons (Fsp3) is 0.333. The molecule has 0 saturated heterocycles. The molecule has 1 aliphatic rings. The van der Waals surface area contributed by atoms with Gasteiger partial charge in [-0.3, -0.25) is 14.6 Å². The lowest BCUT2D eigenvalue weighted by atomic mass is 10.0. The summed E-state index contributed by atoms with van der Waals surface area (Å²) in [6.45, 7) is 3.97. The zero-order chi connectivity index (χ0) is 29.5. The lowest BCUT2D eigenvalue weighted by Gasteiger charge is -2.34. The van der Waals surface area contributed by atoms with Crippen LogP contribution in [-0.4, -0.2) is 76.6 Å². The highest BCUT2D eigenvalue weighted by Crippen LogP contribution is 2.29.